The normalized spacial score (nSPS) is 16.5. The molecule has 1 aliphatic carbocycles. The molecule has 0 atom stereocenters. The molecule has 1 aliphatic rings. The van der Waals surface area contributed by atoms with Gasteiger partial charge in [0.25, 0.3) is 0 Å². The third kappa shape index (κ3) is 1.75. The molecule has 0 bridgehead atoms. The molecular formula is C10H17N3. The number of rotatable bonds is 4. The predicted octanol–water partition coefficient (Wildman–Crippen LogP) is 1.50. The average molecular weight is 179 g/mol. The van der Waals surface area contributed by atoms with Gasteiger partial charge in [-0.3, -0.25) is 4.68 Å². The Morgan fingerprint density at radius 2 is 2.38 bits per heavy atom. The van der Waals surface area contributed by atoms with Crippen molar-refractivity contribution in [3.8, 4) is 0 Å². The van der Waals surface area contributed by atoms with Crippen molar-refractivity contribution in [3.63, 3.8) is 0 Å². The fraction of sp³-hybridized carbons (Fsp3) is 0.700. The molecule has 13 heavy (non-hydrogen) atoms. The topological polar surface area (TPSA) is 29.9 Å². The Balaban J connectivity index is 2.22. The minimum atomic E-state index is 0.760. The van der Waals surface area contributed by atoms with E-state index in [-0.39, 0.29) is 0 Å². The number of hydrogen-bond donors (Lipinski definition) is 1. The number of nitrogens with zero attached hydrogens (tertiary/aromatic N) is 2. The summed E-state index contributed by atoms with van der Waals surface area (Å²) < 4.78 is 2.04. The fourth-order valence-electron chi connectivity index (χ4n) is 1.67. The van der Waals surface area contributed by atoms with Crippen molar-refractivity contribution in [2.24, 2.45) is 0 Å². The Bertz CT molecular complexity index is 286. The molecule has 1 aromatic rings. The molecular weight excluding hydrogens is 162 g/mol. The van der Waals surface area contributed by atoms with Gasteiger partial charge in [-0.05, 0) is 26.8 Å². The van der Waals surface area contributed by atoms with Gasteiger partial charge in [0.05, 0.1) is 5.69 Å². The molecule has 0 spiro atoms. The van der Waals surface area contributed by atoms with Crippen LogP contribution in [-0.4, -0.2) is 16.8 Å². The number of nitrogens with one attached hydrogen (secondary N) is 1. The second kappa shape index (κ2) is 3.50. The Hall–Kier alpha value is -0.830. The monoisotopic (exact) mass is 179 g/mol. The first-order valence-electron chi connectivity index (χ1n) is 5.06. The van der Waals surface area contributed by atoms with E-state index in [1.807, 2.05) is 11.7 Å². The molecule has 0 saturated heterocycles. The van der Waals surface area contributed by atoms with Crippen LogP contribution < -0.4 is 5.32 Å². The minimum absolute atomic E-state index is 0.760. The third-order valence-corrected chi connectivity index (χ3v) is 2.53. The van der Waals surface area contributed by atoms with E-state index in [2.05, 4.69) is 23.5 Å². The van der Waals surface area contributed by atoms with E-state index in [0.29, 0.717) is 0 Å². The average Bonchev–Trinajstić information content (AvgIpc) is 2.89. The predicted molar refractivity (Wildman–Crippen MR) is 52.6 cm³/mol. The van der Waals surface area contributed by atoms with Gasteiger partial charge in [-0.1, -0.05) is 0 Å². The van der Waals surface area contributed by atoms with Crippen LogP contribution in [0.3, 0.4) is 0 Å². The first-order valence-corrected chi connectivity index (χ1v) is 5.06. The van der Waals surface area contributed by atoms with Crippen LogP contribution in [0, 0.1) is 0 Å². The number of hydrogen-bond acceptors (Lipinski definition) is 2. The molecule has 0 amide bonds. The maximum Gasteiger partial charge on any atom is 0.0700 e. The van der Waals surface area contributed by atoms with Crippen LogP contribution in [0.2, 0.25) is 0 Å². The zero-order valence-corrected chi connectivity index (χ0v) is 8.38. The van der Waals surface area contributed by atoms with E-state index in [1.54, 1.807) is 0 Å². The first-order chi connectivity index (χ1) is 6.35. The lowest BCUT2D eigenvalue weighted by Gasteiger charge is -1.97. The minimum Gasteiger partial charge on any atom is -0.316 e. The summed E-state index contributed by atoms with van der Waals surface area (Å²) in [5, 5.41) is 7.78. The molecule has 2 rings (SSSR count). The summed E-state index contributed by atoms with van der Waals surface area (Å²) in [4.78, 5) is 0. The molecule has 3 nitrogen and oxygen atoms in total. The van der Waals surface area contributed by atoms with E-state index in [1.165, 1.54) is 24.1 Å². The van der Waals surface area contributed by atoms with Crippen molar-refractivity contribution in [2.45, 2.75) is 38.8 Å². The largest absolute Gasteiger partial charge is 0.316 e. The van der Waals surface area contributed by atoms with Gasteiger partial charge in [-0.25, -0.2) is 0 Å². The van der Waals surface area contributed by atoms with Crippen LogP contribution in [0.15, 0.2) is 6.20 Å². The zero-order valence-electron chi connectivity index (χ0n) is 8.38. The van der Waals surface area contributed by atoms with Gasteiger partial charge in [-0.2, -0.15) is 5.10 Å². The summed E-state index contributed by atoms with van der Waals surface area (Å²) in [6.45, 7) is 4.06. The summed E-state index contributed by atoms with van der Waals surface area (Å²) in [5.74, 6) is 0.760. The van der Waals surface area contributed by atoms with Crippen molar-refractivity contribution < 1.29 is 0 Å². The quantitative estimate of drug-likeness (QED) is 0.759. The van der Waals surface area contributed by atoms with Crippen LogP contribution >= 0.6 is 0 Å². The van der Waals surface area contributed by atoms with Crippen LogP contribution in [0.1, 0.15) is 36.9 Å². The standard InChI is InChI=1S/C10H17N3/c1-3-13-7-9(6-11-2)10(12-13)8-4-5-8/h7-8,11H,3-6H2,1-2H3. The molecule has 1 heterocycles. The van der Waals surface area contributed by atoms with Gasteiger partial charge >= 0.3 is 0 Å². The van der Waals surface area contributed by atoms with E-state index in [9.17, 15) is 0 Å². The van der Waals surface area contributed by atoms with E-state index >= 15 is 0 Å². The Morgan fingerprint density at radius 1 is 1.62 bits per heavy atom. The van der Waals surface area contributed by atoms with E-state index in [0.717, 1.165) is 19.0 Å². The summed E-state index contributed by atoms with van der Waals surface area (Å²) in [5.41, 5.74) is 2.71. The molecule has 0 radical (unpaired) electrons. The van der Waals surface area contributed by atoms with E-state index < -0.39 is 0 Å². The lowest BCUT2D eigenvalue weighted by atomic mass is 10.2. The maximum atomic E-state index is 4.59. The summed E-state index contributed by atoms with van der Waals surface area (Å²) in [7, 11) is 1.99. The number of aromatic nitrogens is 2. The smallest absolute Gasteiger partial charge is 0.0700 e. The van der Waals surface area contributed by atoms with Crippen LogP contribution in [0.5, 0.6) is 0 Å². The Morgan fingerprint density at radius 3 is 2.92 bits per heavy atom. The van der Waals surface area contributed by atoms with Crippen molar-refractivity contribution in [3.05, 3.63) is 17.5 Å². The highest BCUT2D eigenvalue weighted by atomic mass is 15.3. The highest BCUT2D eigenvalue weighted by Gasteiger charge is 2.28. The van der Waals surface area contributed by atoms with E-state index in [4.69, 9.17) is 0 Å². The lowest BCUT2D eigenvalue weighted by Crippen LogP contribution is -2.05. The molecule has 1 fully saturated rings. The summed E-state index contributed by atoms with van der Waals surface area (Å²) in [6, 6.07) is 0. The van der Waals surface area contributed by atoms with Crippen LogP contribution in [-0.2, 0) is 13.1 Å². The molecule has 0 unspecified atom stereocenters. The maximum absolute atomic E-state index is 4.59. The molecule has 0 aliphatic heterocycles. The summed E-state index contributed by atoms with van der Waals surface area (Å²) >= 11 is 0. The SMILES string of the molecule is CCn1cc(CNC)c(C2CC2)n1. The Labute approximate surface area is 79.1 Å². The lowest BCUT2D eigenvalue weighted by molar-refractivity contribution is 0.647. The highest BCUT2D eigenvalue weighted by Crippen LogP contribution is 2.40. The number of aryl methyl sites for hydroxylation is 1. The second-order valence-electron chi connectivity index (χ2n) is 3.70. The van der Waals surface area contributed by atoms with Gasteiger partial charge in [0.1, 0.15) is 0 Å². The zero-order chi connectivity index (χ0) is 9.26. The van der Waals surface area contributed by atoms with Crippen LogP contribution in [0.25, 0.3) is 0 Å². The van der Waals surface area contributed by atoms with Crippen molar-refractivity contribution in [1.29, 1.82) is 0 Å². The molecule has 0 aromatic carbocycles. The first kappa shape index (κ1) is 8.75. The second-order valence-corrected chi connectivity index (χ2v) is 3.70. The fourth-order valence-corrected chi connectivity index (χ4v) is 1.67. The van der Waals surface area contributed by atoms with Gasteiger partial charge in [0.15, 0.2) is 0 Å². The summed E-state index contributed by atoms with van der Waals surface area (Å²) in [6.07, 6.45) is 4.83. The van der Waals surface area contributed by atoms with Gasteiger partial charge in [-0.15, -0.1) is 0 Å². The van der Waals surface area contributed by atoms with Crippen molar-refractivity contribution in [2.75, 3.05) is 7.05 Å². The molecule has 72 valence electrons. The van der Waals surface area contributed by atoms with Gasteiger partial charge in [0.2, 0.25) is 0 Å². The molecule has 1 N–H and O–H groups in total. The molecule has 3 heteroatoms. The van der Waals surface area contributed by atoms with Crippen LogP contribution in [0.4, 0.5) is 0 Å². The highest BCUT2D eigenvalue weighted by molar-refractivity contribution is 5.24. The molecule has 1 saturated carbocycles. The van der Waals surface area contributed by atoms with Crippen molar-refractivity contribution in [1.82, 2.24) is 15.1 Å². The third-order valence-electron chi connectivity index (χ3n) is 2.53. The van der Waals surface area contributed by atoms with Crippen molar-refractivity contribution >= 4 is 0 Å². The van der Waals surface area contributed by atoms with Gasteiger partial charge in [0, 0.05) is 30.8 Å². The van der Waals surface area contributed by atoms with Gasteiger partial charge < -0.3 is 5.32 Å². The Kier molecular flexibility index (Phi) is 2.36. The molecule has 1 aromatic heterocycles.